The number of carbonyl (C=O) groups is 2. The number of imide groups is 1. The molecule has 1 aliphatic carbocycles. The van der Waals surface area contributed by atoms with E-state index in [-0.39, 0.29) is 11.8 Å². The molecule has 1 aliphatic heterocycles. The van der Waals surface area contributed by atoms with Crippen LogP contribution in [0.5, 0.6) is 0 Å². The SMILES string of the molecule is CCCN(C)CCCN1C(=O)CC2(CCCc3ccccc32)C1=O. The molecule has 4 nitrogen and oxygen atoms in total. The van der Waals surface area contributed by atoms with Crippen molar-refractivity contribution in [2.24, 2.45) is 0 Å². The van der Waals surface area contributed by atoms with Gasteiger partial charge in [0.1, 0.15) is 0 Å². The second kappa shape index (κ2) is 7.06. The number of amides is 2. The lowest BCUT2D eigenvalue weighted by Crippen LogP contribution is -2.41. The van der Waals surface area contributed by atoms with E-state index < -0.39 is 5.41 Å². The molecule has 1 unspecified atom stereocenters. The Labute approximate surface area is 144 Å². The summed E-state index contributed by atoms with van der Waals surface area (Å²) in [4.78, 5) is 29.5. The predicted octanol–water partition coefficient (Wildman–Crippen LogP) is 2.75. The third-order valence-electron chi connectivity index (χ3n) is 5.52. The maximum atomic E-state index is 13.1. The van der Waals surface area contributed by atoms with Crippen LogP contribution in [0.1, 0.15) is 50.2 Å². The van der Waals surface area contributed by atoms with Gasteiger partial charge in [0, 0.05) is 13.0 Å². The van der Waals surface area contributed by atoms with Gasteiger partial charge in [-0.05, 0) is 63.4 Å². The van der Waals surface area contributed by atoms with Crippen molar-refractivity contribution in [3.8, 4) is 0 Å². The molecule has 1 heterocycles. The van der Waals surface area contributed by atoms with Gasteiger partial charge in [-0.3, -0.25) is 14.5 Å². The summed E-state index contributed by atoms with van der Waals surface area (Å²) in [6.45, 7) is 4.69. The minimum Gasteiger partial charge on any atom is -0.306 e. The van der Waals surface area contributed by atoms with Crippen LogP contribution in [0.15, 0.2) is 24.3 Å². The van der Waals surface area contributed by atoms with E-state index in [2.05, 4.69) is 31.0 Å². The van der Waals surface area contributed by atoms with E-state index in [9.17, 15) is 9.59 Å². The number of rotatable bonds is 6. The van der Waals surface area contributed by atoms with Crippen molar-refractivity contribution in [1.29, 1.82) is 0 Å². The van der Waals surface area contributed by atoms with Crippen molar-refractivity contribution < 1.29 is 9.59 Å². The lowest BCUT2D eigenvalue weighted by atomic mass is 9.69. The fourth-order valence-electron chi connectivity index (χ4n) is 4.35. The Kier molecular flexibility index (Phi) is 5.04. The number of nitrogens with zero attached hydrogens (tertiary/aromatic N) is 2. The van der Waals surface area contributed by atoms with E-state index in [1.807, 2.05) is 12.1 Å². The summed E-state index contributed by atoms with van der Waals surface area (Å²) in [6, 6.07) is 8.18. The molecule has 2 amide bonds. The largest absolute Gasteiger partial charge is 0.306 e. The number of aryl methyl sites for hydroxylation is 1. The van der Waals surface area contributed by atoms with Crippen LogP contribution < -0.4 is 0 Å². The Morgan fingerprint density at radius 3 is 2.79 bits per heavy atom. The highest BCUT2D eigenvalue weighted by molar-refractivity contribution is 6.09. The maximum Gasteiger partial charge on any atom is 0.240 e. The van der Waals surface area contributed by atoms with Crippen molar-refractivity contribution >= 4 is 11.8 Å². The van der Waals surface area contributed by atoms with Crippen LogP contribution >= 0.6 is 0 Å². The van der Waals surface area contributed by atoms with E-state index in [1.165, 1.54) is 10.5 Å². The van der Waals surface area contributed by atoms with Crippen LogP contribution in [-0.2, 0) is 21.4 Å². The summed E-state index contributed by atoms with van der Waals surface area (Å²) < 4.78 is 0. The summed E-state index contributed by atoms with van der Waals surface area (Å²) in [5.74, 6) is 0.0487. The van der Waals surface area contributed by atoms with Crippen LogP contribution in [0.4, 0.5) is 0 Å². The van der Waals surface area contributed by atoms with Crippen LogP contribution in [0, 0.1) is 0 Å². The molecule has 130 valence electrons. The first kappa shape index (κ1) is 17.2. The van der Waals surface area contributed by atoms with Gasteiger partial charge in [0.2, 0.25) is 11.8 Å². The summed E-state index contributed by atoms with van der Waals surface area (Å²) in [5.41, 5.74) is 1.76. The minimum atomic E-state index is -0.582. The lowest BCUT2D eigenvalue weighted by molar-refractivity contribution is -0.140. The molecule has 3 rings (SSSR count). The quantitative estimate of drug-likeness (QED) is 0.754. The summed E-state index contributed by atoms with van der Waals surface area (Å²) in [6.07, 6.45) is 5.14. The topological polar surface area (TPSA) is 40.6 Å². The molecule has 1 aromatic carbocycles. The minimum absolute atomic E-state index is 0.00912. The Morgan fingerprint density at radius 1 is 1.21 bits per heavy atom. The molecule has 1 saturated heterocycles. The average Bonchev–Trinajstić information content (AvgIpc) is 2.80. The molecule has 1 atom stereocenters. The molecule has 4 heteroatoms. The van der Waals surface area contributed by atoms with Crippen LogP contribution in [0.25, 0.3) is 0 Å². The fraction of sp³-hybridized carbons (Fsp3) is 0.600. The third-order valence-corrected chi connectivity index (χ3v) is 5.52. The number of hydrogen-bond acceptors (Lipinski definition) is 3. The highest BCUT2D eigenvalue weighted by atomic mass is 16.2. The monoisotopic (exact) mass is 328 g/mol. The van der Waals surface area contributed by atoms with Gasteiger partial charge in [-0.2, -0.15) is 0 Å². The zero-order valence-electron chi connectivity index (χ0n) is 14.9. The van der Waals surface area contributed by atoms with Crippen molar-refractivity contribution in [3.63, 3.8) is 0 Å². The first-order chi connectivity index (χ1) is 11.6. The molecular formula is C20H28N2O2. The Bertz CT molecular complexity index is 628. The summed E-state index contributed by atoms with van der Waals surface area (Å²) >= 11 is 0. The van der Waals surface area contributed by atoms with E-state index in [4.69, 9.17) is 0 Å². The standard InChI is InChI=1S/C20H28N2O2/c1-3-12-21(2)13-7-14-22-18(23)15-20(19(22)24)11-6-9-16-8-4-5-10-17(16)20/h4-5,8,10H,3,6-7,9,11-15H2,1-2H3. The molecule has 0 N–H and O–H groups in total. The third kappa shape index (κ3) is 3.00. The van der Waals surface area contributed by atoms with Gasteiger partial charge >= 0.3 is 0 Å². The smallest absolute Gasteiger partial charge is 0.240 e. The number of likely N-dealkylation sites (tertiary alicyclic amines) is 1. The van der Waals surface area contributed by atoms with E-state index in [1.54, 1.807) is 0 Å². The highest BCUT2D eigenvalue weighted by Crippen LogP contribution is 2.45. The number of fused-ring (bicyclic) bond motifs is 2. The van der Waals surface area contributed by atoms with Gasteiger partial charge in [0.05, 0.1) is 5.41 Å². The van der Waals surface area contributed by atoms with Crippen molar-refractivity contribution in [2.75, 3.05) is 26.7 Å². The normalized spacial score (nSPS) is 23.4. The second-order valence-corrected chi connectivity index (χ2v) is 7.28. The average molecular weight is 328 g/mol. The maximum absolute atomic E-state index is 13.1. The van der Waals surface area contributed by atoms with E-state index in [0.29, 0.717) is 13.0 Å². The van der Waals surface area contributed by atoms with Gasteiger partial charge in [0.15, 0.2) is 0 Å². The molecule has 0 aromatic heterocycles. The molecular weight excluding hydrogens is 300 g/mol. The zero-order chi connectivity index (χ0) is 17.2. The Balaban J connectivity index is 1.73. The molecule has 0 bridgehead atoms. The second-order valence-electron chi connectivity index (χ2n) is 7.28. The van der Waals surface area contributed by atoms with Crippen LogP contribution in [0.3, 0.4) is 0 Å². The van der Waals surface area contributed by atoms with Crippen LogP contribution in [0.2, 0.25) is 0 Å². The molecule has 1 fully saturated rings. The molecule has 1 spiro atoms. The fourth-order valence-corrected chi connectivity index (χ4v) is 4.35. The van der Waals surface area contributed by atoms with Crippen molar-refractivity contribution in [3.05, 3.63) is 35.4 Å². The zero-order valence-corrected chi connectivity index (χ0v) is 14.9. The molecule has 2 aliphatic rings. The highest BCUT2D eigenvalue weighted by Gasteiger charge is 2.53. The molecule has 24 heavy (non-hydrogen) atoms. The number of benzene rings is 1. The predicted molar refractivity (Wildman–Crippen MR) is 94.8 cm³/mol. The van der Waals surface area contributed by atoms with E-state index >= 15 is 0 Å². The van der Waals surface area contributed by atoms with Gasteiger partial charge < -0.3 is 4.90 Å². The van der Waals surface area contributed by atoms with Gasteiger partial charge in [-0.15, -0.1) is 0 Å². The molecule has 0 radical (unpaired) electrons. The van der Waals surface area contributed by atoms with Crippen molar-refractivity contribution in [1.82, 2.24) is 9.80 Å². The molecule has 1 aromatic rings. The van der Waals surface area contributed by atoms with Crippen molar-refractivity contribution in [2.45, 2.75) is 50.9 Å². The van der Waals surface area contributed by atoms with E-state index in [0.717, 1.165) is 50.8 Å². The summed E-state index contributed by atoms with van der Waals surface area (Å²) in [7, 11) is 2.09. The first-order valence-electron chi connectivity index (χ1n) is 9.20. The molecule has 0 saturated carbocycles. The Morgan fingerprint density at radius 2 is 2.00 bits per heavy atom. The summed E-state index contributed by atoms with van der Waals surface area (Å²) in [5, 5.41) is 0. The van der Waals surface area contributed by atoms with Gasteiger partial charge in [-0.25, -0.2) is 0 Å². The Hall–Kier alpha value is -1.68. The van der Waals surface area contributed by atoms with Gasteiger partial charge in [-0.1, -0.05) is 31.2 Å². The first-order valence-corrected chi connectivity index (χ1v) is 9.20. The van der Waals surface area contributed by atoms with Crippen LogP contribution in [-0.4, -0.2) is 48.3 Å². The number of carbonyl (C=O) groups excluding carboxylic acids is 2. The number of hydrogen-bond donors (Lipinski definition) is 0. The lowest BCUT2D eigenvalue weighted by Gasteiger charge is -2.33. The van der Waals surface area contributed by atoms with Gasteiger partial charge in [0.25, 0.3) is 0 Å².